The molecule has 2 aromatic heterocycles. The van der Waals surface area contributed by atoms with E-state index in [-0.39, 0.29) is 6.04 Å². The van der Waals surface area contributed by atoms with Crippen LogP contribution in [-0.2, 0) is 0 Å². The van der Waals surface area contributed by atoms with E-state index in [1.165, 1.54) is 6.39 Å². The molecule has 0 saturated heterocycles. The lowest BCUT2D eigenvalue weighted by Crippen LogP contribution is -2.39. The molecule has 0 aliphatic heterocycles. The maximum atomic E-state index is 12.4. The fourth-order valence-electron chi connectivity index (χ4n) is 3.69. The van der Waals surface area contributed by atoms with E-state index in [1.807, 2.05) is 6.07 Å². The van der Waals surface area contributed by atoms with Crippen molar-refractivity contribution in [1.82, 2.24) is 20.5 Å². The van der Waals surface area contributed by atoms with Crippen LogP contribution < -0.4 is 14.8 Å². The molecular formula is C22H24N4O4. The van der Waals surface area contributed by atoms with Crippen molar-refractivity contribution >= 4 is 6.09 Å². The van der Waals surface area contributed by atoms with E-state index in [0.717, 1.165) is 42.7 Å². The van der Waals surface area contributed by atoms with E-state index in [1.54, 1.807) is 37.7 Å². The minimum absolute atomic E-state index is 0.168. The first-order valence-electron chi connectivity index (χ1n) is 10.0. The number of hydrogen-bond donors (Lipinski definition) is 1. The topological polar surface area (TPSA) is 99.4 Å². The minimum atomic E-state index is -0.441. The molecular weight excluding hydrogens is 384 g/mol. The SMILES string of the molecule is COc1ccc(OC(=O)NC2CCC(C)CC2)cc1-c1cncc(-c2nnco2)c1. The van der Waals surface area contributed by atoms with Gasteiger partial charge in [-0.15, -0.1) is 10.2 Å². The van der Waals surface area contributed by atoms with Gasteiger partial charge in [0.25, 0.3) is 0 Å². The first-order valence-corrected chi connectivity index (χ1v) is 10.0. The van der Waals surface area contributed by atoms with Crippen LogP contribution in [-0.4, -0.2) is 34.4 Å². The number of ether oxygens (including phenoxy) is 2. The molecule has 8 nitrogen and oxygen atoms in total. The molecule has 2 heterocycles. The quantitative estimate of drug-likeness (QED) is 0.665. The number of benzene rings is 1. The van der Waals surface area contributed by atoms with Crippen LogP contribution in [0.3, 0.4) is 0 Å². The van der Waals surface area contributed by atoms with Crippen LogP contribution in [0.15, 0.2) is 47.5 Å². The normalized spacial score (nSPS) is 18.6. The Hall–Kier alpha value is -3.42. The van der Waals surface area contributed by atoms with Crippen LogP contribution in [0, 0.1) is 5.92 Å². The van der Waals surface area contributed by atoms with E-state index in [2.05, 4.69) is 27.4 Å². The fraction of sp³-hybridized carbons (Fsp3) is 0.364. The van der Waals surface area contributed by atoms with Gasteiger partial charge < -0.3 is 19.2 Å². The Balaban J connectivity index is 1.52. The molecule has 3 aromatic rings. The second kappa shape index (κ2) is 8.94. The highest BCUT2D eigenvalue weighted by Crippen LogP contribution is 2.34. The first kappa shape index (κ1) is 19.9. The van der Waals surface area contributed by atoms with Crippen LogP contribution >= 0.6 is 0 Å². The van der Waals surface area contributed by atoms with Gasteiger partial charge in [0, 0.05) is 29.6 Å². The number of nitrogens with zero attached hydrogens (tertiary/aromatic N) is 3. The molecule has 30 heavy (non-hydrogen) atoms. The lowest BCUT2D eigenvalue weighted by atomic mass is 9.87. The van der Waals surface area contributed by atoms with Gasteiger partial charge in [0.1, 0.15) is 11.5 Å². The third-order valence-electron chi connectivity index (χ3n) is 5.38. The molecule has 1 aliphatic rings. The van der Waals surface area contributed by atoms with E-state index in [4.69, 9.17) is 13.9 Å². The third kappa shape index (κ3) is 4.59. The van der Waals surface area contributed by atoms with E-state index in [9.17, 15) is 4.79 Å². The van der Waals surface area contributed by atoms with Gasteiger partial charge in [-0.1, -0.05) is 6.92 Å². The van der Waals surface area contributed by atoms with Gasteiger partial charge in [-0.2, -0.15) is 0 Å². The van der Waals surface area contributed by atoms with E-state index < -0.39 is 6.09 Å². The standard InChI is InChI=1S/C22H24N4O4/c1-14-3-5-17(6-4-14)25-22(27)30-18-7-8-20(28-2)19(10-18)15-9-16(12-23-11-15)21-26-24-13-29-21/h7-14,17H,3-6H2,1-2H3,(H,25,27). The predicted molar refractivity (Wildman–Crippen MR) is 110 cm³/mol. The van der Waals surface area contributed by atoms with Crippen LogP contribution in [0.1, 0.15) is 32.6 Å². The Morgan fingerprint density at radius 1 is 1.13 bits per heavy atom. The van der Waals surface area contributed by atoms with Gasteiger partial charge in [-0.3, -0.25) is 4.98 Å². The smallest absolute Gasteiger partial charge is 0.412 e. The predicted octanol–water partition coefficient (Wildman–Crippen LogP) is 4.47. The van der Waals surface area contributed by atoms with Crippen LogP contribution in [0.5, 0.6) is 11.5 Å². The molecule has 0 radical (unpaired) electrons. The molecule has 0 bridgehead atoms. The first-order chi connectivity index (χ1) is 14.6. The van der Waals surface area contributed by atoms with Crippen LogP contribution in [0.4, 0.5) is 4.79 Å². The second-order valence-electron chi connectivity index (χ2n) is 7.56. The maximum Gasteiger partial charge on any atom is 0.412 e. The molecule has 8 heteroatoms. The molecule has 156 valence electrons. The van der Waals surface area contributed by atoms with Crippen molar-refractivity contribution in [3.05, 3.63) is 43.1 Å². The average Bonchev–Trinajstić information content (AvgIpc) is 3.30. The highest BCUT2D eigenvalue weighted by Gasteiger charge is 2.21. The van der Waals surface area contributed by atoms with Gasteiger partial charge in [0.05, 0.1) is 12.7 Å². The molecule has 0 unspecified atom stereocenters. The number of amides is 1. The Bertz CT molecular complexity index is 998. The van der Waals surface area contributed by atoms with Gasteiger partial charge in [-0.25, -0.2) is 4.79 Å². The van der Waals surface area contributed by atoms with Crippen molar-refractivity contribution in [2.45, 2.75) is 38.6 Å². The van der Waals surface area contributed by atoms with Crippen molar-refractivity contribution in [3.63, 3.8) is 0 Å². The summed E-state index contributed by atoms with van der Waals surface area (Å²) in [5, 5.41) is 10.6. The molecule has 4 rings (SSSR count). The molecule has 1 N–H and O–H groups in total. The minimum Gasteiger partial charge on any atom is -0.496 e. The van der Waals surface area contributed by atoms with Gasteiger partial charge in [0.15, 0.2) is 0 Å². The largest absolute Gasteiger partial charge is 0.496 e. The molecule has 1 amide bonds. The Morgan fingerprint density at radius 2 is 1.93 bits per heavy atom. The summed E-state index contributed by atoms with van der Waals surface area (Å²) in [6, 6.07) is 7.27. The summed E-state index contributed by atoms with van der Waals surface area (Å²) in [5.41, 5.74) is 2.19. The zero-order valence-electron chi connectivity index (χ0n) is 17.0. The summed E-state index contributed by atoms with van der Waals surface area (Å²) in [7, 11) is 1.59. The zero-order valence-corrected chi connectivity index (χ0v) is 17.0. The summed E-state index contributed by atoms with van der Waals surface area (Å²) in [6.45, 7) is 2.25. The molecule has 1 saturated carbocycles. The van der Waals surface area contributed by atoms with Gasteiger partial charge >= 0.3 is 6.09 Å². The zero-order chi connectivity index (χ0) is 20.9. The number of pyridine rings is 1. The van der Waals surface area contributed by atoms with Crippen molar-refractivity contribution in [2.75, 3.05) is 7.11 Å². The molecule has 0 spiro atoms. The van der Waals surface area contributed by atoms with Crippen molar-refractivity contribution in [1.29, 1.82) is 0 Å². The summed E-state index contributed by atoms with van der Waals surface area (Å²) in [5.74, 6) is 2.15. The number of nitrogens with one attached hydrogen (secondary N) is 1. The number of rotatable bonds is 5. The van der Waals surface area contributed by atoms with Crippen molar-refractivity contribution < 1.29 is 18.7 Å². The van der Waals surface area contributed by atoms with Crippen LogP contribution in [0.2, 0.25) is 0 Å². The average molecular weight is 408 g/mol. The molecule has 0 atom stereocenters. The lowest BCUT2D eigenvalue weighted by molar-refractivity contribution is 0.189. The monoisotopic (exact) mass is 408 g/mol. The lowest BCUT2D eigenvalue weighted by Gasteiger charge is -2.26. The number of carbonyl (C=O) groups excluding carboxylic acids is 1. The summed E-state index contributed by atoms with van der Waals surface area (Å²) in [4.78, 5) is 16.6. The second-order valence-corrected chi connectivity index (χ2v) is 7.56. The van der Waals surface area contributed by atoms with Crippen LogP contribution in [0.25, 0.3) is 22.6 Å². The van der Waals surface area contributed by atoms with Crippen molar-refractivity contribution in [3.8, 4) is 34.1 Å². The highest BCUT2D eigenvalue weighted by molar-refractivity contribution is 5.76. The number of methoxy groups -OCH3 is 1. The number of carbonyl (C=O) groups is 1. The molecule has 1 fully saturated rings. The fourth-order valence-corrected chi connectivity index (χ4v) is 3.69. The van der Waals surface area contributed by atoms with Gasteiger partial charge in [-0.05, 0) is 55.9 Å². The summed E-state index contributed by atoms with van der Waals surface area (Å²) in [6.07, 6.45) is 8.39. The number of aromatic nitrogens is 3. The number of hydrogen-bond acceptors (Lipinski definition) is 7. The van der Waals surface area contributed by atoms with E-state index >= 15 is 0 Å². The van der Waals surface area contributed by atoms with Crippen molar-refractivity contribution in [2.24, 2.45) is 5.92 Å². The van der Waals surface area contributed by atoms with Gasteiger partial charge in [0.2, 0.25) is 12.3 Å². The Morgan fingerprint density at radius 3 is 2.67 bits per heavy atom. The Labute approximate surface area is 174 Å². The Kier molecular flexibility index (Phi) is 5.92. The molecule has 1 aromatic carbocycles. The summed E-state index contributed by atoms with van der Waals surface area (Å²) >= 11 is 0. The molecule has 1 aliphatic carbocycles. The maximum absolute atomic E-state index is 12.4. The third-order valence-corrected chi connectivity index (χ3v) is 5.38. The highest BCUT2D eigenvalue weighted by atomic mass is 16.6. The van der Waals surface area contributed by atoms with E-state index in [0.29, 0.717) is 23.0 Å². The summed E-state index contributed by atoms with van der Waals surface area (Å²) < 4.78 is 16.3.